The highest BCUT2D eigenvalue weighted by molar-refractivity contribution is 6.00. The van der Waals surface area contributed by atoms with E-state index >= 15 is 0 Å². The van der Waals surface area contributed by atoms with Crippen molar-refractivity contribution in [3.8, 4) is 0 Å². The average molecular weight is 367 g/mol. The lowest BCUT2D eigenvalue weighted by Crippen LogP contribution is -2.35. The van der Waals surface area contributed by atoms with Crippen LogP contribution in [-0.2, 0) is 4.79 Å². The van der Waals surface area contributed by atoms with E-state index in [4.69, 9.17) is 5.73 Å². The third-order valence-electron chi connectivity index (χ3n) is 4.94. The van der Waals surface area contributed by atoms with Crippen molar-refractivity contribution in [2.75, 3.05) is 36.4 Å². The van der Waals surface area contributed by atoms with Crippen LogP contribution >= 0.6 is 12.4 Å². The summed E-state index contributed by atoms with van der Waals surface area (Å²) in [5, 5.41) is 6.28. The maximum atomic E-state index is 12.4. The molecular weight excluding hydrogens is 340 g/mol. The molecule has 25 heavy (non-hydrogen) atoms. The highest BCUT2D eigenvalue weighted by atomic mass is 35.5. The number of nitrogens with zero attached hydrogens (tertiary/aromatic N) is 1. The van der Waals surface area contributed by atoms with Crippen molar-refractivity contribution in [1.29, 1.82) is 0 Å². The number of benzene rings is 1. The molecule has 2 aliphatic heterocycles. The van der Waals surface area contributed by atoms with Crippen molar-refractivity contribution in [2.24, 2.45) is 11.7 Å². The molecule has 2 heterocycles. The second-order valence-corrected chi connectivity index (χ2v) is 6.66. The van der Waals surface area contributed by atoms with E-state index in [1.54, 1.807) is 12.1 Å². The van der Waals surface area contributed by atoms with Gasteiger partial charge in [-0.05, 0) is 63.4 Å². The molecule has 0 spiro atoms. The predicted octanol–water partition coefficient (Wildman–Crippen LogP) is 2.14. The number of rotatable bonds is 4. The monoisotopic (exact) mass is 366 g/mol. The minimum absolute atomic E-state index is 0. The second-order valence-electron chi connectivity index (χ2n) is 6.66. The molecule has 2 saturated heterocycles. The number of anilines is 2. The molecule has 0 aliphatic carbocycles. The van der Waals surface area contributed by atoms with E-state index in [-0.39, 0.29) is 24.2 Å². The molecule has 0 radical (unpaired) electrons. The molecule has 1 aromatic rings. The summed E-state index contributed by atoms with van der Waals surface area (Å²) in [6.45, 7) is 3.62. The molecule has 2 amide bonds. The van der Waals surface area contributed by atoms with E-state index in [0.29, 0.717) is 5.56 Å². The number of nitrogens with one attached hydrogen (secondary N) is 2. The molecule has 0 atom stereocenters. The van der Waals surface area contributed by atoms with Gasteiger partial charge in [-0.1, -0.05) is 0 Å². The van der Waals surface area contributed by atoms with Gasteiger partial charge in [0.2, 0.25) is 5.91 Å². The minimum Gasteiger partial charge on any atom is -0.371 e. The van der Waals surface area contributed by atoms with Gasteiger partial charge < -0.3 is 21.3 Å². The Balaban J connectivity index is 0.00000225. The molecule has 0 unspecified atom stereocenters. The number of primary amides is 1. The summed E-state index contributed by atoms with van der Waals surface area (Å²) < 4.78 is 0. The van der Waals surface area contributed by atoms with Crippen molar-refractivity contribution in [3.05, 3.63) is 23.8 Å². The third kappa shape index (κ3) is 4.86. The number of halogens is 1. The zero-order chi connectivity index (χ0) is 16.9. The van der Waals surface area contributed by atoms with E-state index in [1.807, 2.05) is 6.07 Å². The quantitative estimate of drug-likeness (QED) is 0.761. The van der Waals surface area contributed by atoms with Crippen molar-refractivity contribution in [1.82, 2.24) is 5.32 Å². The largest absolute Gasteiger partial charge is 0.371 e. The number of hydrogen-bond donors (Lipinski definition) is 3. The normalized spacial score (nSPS) is 18.3. The third-order valence-corrected chi connectivity index (χ3v) is 4.94. The van der Waals surface area contributed by atoms with Gasteiger partial charge in [0, 0.05) is 24.7 Å². The molecule has 4 N–H and O–H groups in total. The Morgan fingerprint density at radius 3 is 2.44 bits per heavy atom. The number of nitrogens with two attached hydrogens (primary N) is 1. The number of hydrogen-bond acceptors (Lipinski definition) is 4. The molecule has 7 heteroatoms. The van der Waals surface area contributed by atoms with Gasteiger partial charge in [-0.15, -0.1) is 12.4 Å². The highest BCUT2D eigenvalue weighted by Gasteiger charge is 2.22. The van der Waals surface area contributed by atoms with Gasteiger partial charge in [0.1, 0.15) is 0 Å². The van der Waals surface area contributed by atoms with Crippen LogP contribution in [0.5, 0.6) is 0 Å². The van der Waals surface area contributed by atoms with Crippen LogP contribution in [0, 0.1) is 5.92 Å². The highest BCUT2D eigenvalue weighted by Crippen LogP contribution is 2.28. The first kappa shape index (κ1) is 19.5. The summed E-state index contributed by atoms with van der Waals surface area (Å²) in [6.07, 6.45) is 5.18. The molecule has 0 saturated carbocycles. The number of carbonyl (C=O) groups excluding carboxylic acids is 2. The molecule has 138 valence electrons. The molecular formula is C18H27ClN4O2. The maximum Gasteiger partial charge on any atom is 0.250 e. The Morgan fingerprint density at radius 1 is 1.12 bits per heavy atom. The summed E-state index contributed by atoms with van der Waals surface area (Å²) >= 11 is 0. The fourth-order valence-corrected chi connectivity index (χ4v) is 3.54. The van der Waals surface area contributed by atoms with Crippen LogP contribution in [0.3, 0.4) is 0 Å². The lowest BCUT2D eigenvalue weighted by molar-refractivity contribution is -0.120. The zero-order valence-corrected chi connectivity index (χ0v) is 15.2. The molecule has 2 aliphatic rings. The Hall–Kier alpha value is -1.79. The molecule has 0 aromatic heterocycles. The molecule has 1 aromatic carbocycles. The Labute approximate surface area is 154 Å². The van der Waals surface area contributed by atoms with Crippen molar-refractivity contribution >= 4 is 35.6 Å². The summed E-state index contributed by atoms with van der Waals surface area (Å²) in [6, 6.07) is 5.39. The standard InChI is InChI=1S/C18H26N4O2.ClH/c19-17(23)15-5-4-14(12-16(15)22-10-2-1-3-11-22)21-18(24)13-6-8-20-9-7-13;/h4-5,12-13,20H,1-3,6-11H2,(H2,19,23)(H,21,24);1H. The van der Waals surface area contributed by atoms with Crippen LogP contribution in [0.4, 0.5) is 11.4 Å². The molecule has 2 fully saturated rings. The van der Waals surface area contributed by atoms with Gasteiger partial charge in [0.15, 0.2) is 0 Å². The fraction of sp³-hybridized carbons (Fsp3) is 0.556. The van der Waals surface area contributed by atoms with E-state index in [0.717, 1.165) is 63.2 Å². The smallest absolute Gasteiger partial charge is 0.250 e. The first-order valence-electron chi connectivity index (χ1n) is 8.85. The first-order chi connectivity index (χ1) is 11.6. The molecule has 0 bridgehead atoms. The lowest BCUT2D eigenvalue weighted by Gasteiger charge is -2.30. The van der Waals surface area contributed by atoms with E-state index in [9.17, 15) is 9.59 Å². The summed E-state index contributed by atoms with van der Waals surface area (Å²) in [4.78, 5) is 26.4. The van der Waals surface area contributed by atoms with Crippen LogP contribution in [0.15, 0.2) is 18.2 Å². The van der Waals surface area contributed by atoms with Crippen LogP contribution in [0.1, 0.15) is 42.5 Å². The van der Waals surface area contributed by atoms with Crippen LogP contribution in [-0.4, -0.2) is 38.0 Å². The van der Waals surface area contributed by atoms with Crippen LogP contribution < -0.4 is 21.3 Å². The predicted molar refractivity (Wildman–Crippen MR) is 102 cm³/mol. The zero-order valence-electron chi connectivity index (χ0n) is 14.4. The molecule has 3 rings (SSSR count). The van der Waals surface area contributed by atoms with Crippen LogP contribution in [0.25, 0.3) is 0 Å². The summed E-state index contributed by atoms with van der Waals surface area (Å²) in [7, 11) is 0. The molecule has 6 nitrogen and oxygen atoms in total. The Kier molecular flexibility index (Phi) is 7.08. The van der Waals surface area contributed by atoms with Gasteiger partial charge in [0.25, 0.3) is 5.91 Å². The summed E-state index contributed by atoms with van der Waals surface area (Å²) in [5.74, 6) is -0.305. The van der Waals surface area contributed by atoms with Gasteiger partial charge in [0.05, 0.1) is 11.3 Å². The van der Waals surface area contributed by atoms with E-state index in [1.165, 1.54) is 6.42 Å². The van der Waals surface area contributed by atoms with Crippen molar-refractivity contribution in [3.63, 3.8) is 0 Å². The van der Waals surface area contributed by atoms with Gasteiger partial charge in [-0.2, -0.15) is 0 Å². The van der Waals surface area contributed by atoms with Gasteiger partial charge >= 0.3 is 0 Å². The van der Waals surface area contributed by atoms with Crippen LogP contribution in [0.2, 0.25) is 0 Å². The topological polar surface area (TPSA) is 87.5 Å². The van der Waals surface area contributed by atoms with E-state index < -0.39 is 5.91 Å². The van der Waals surface area contributed by atoms with Crippen molar-refractivity contribution in [2.45, 2.75) is 32.1 Å². The number of carbonyl (C=O) groups is 2. The second kappa shape index (κ2) is 9.06. The lowest BCUT2D eigenvalue weighted by atomic mass is 9.97. The van der Waals surface area contributed by atoms with Gasteiger partial charge in [-0.3, -0.25) is 9.59 Å². The number of piperidine rings is 2. The first-order valence-corrected chi connectivity index (χ1v) is 8.85. The van der Waals surface area contributed by atoms with E-state index in [2.05, 4.69) is 15.5 Å². The Morgan fingerprint density at radius 2 is 1.80 bits per heavy atom. The Bertz CT molecular complexity index is 611. The van der Waals surface area contributed by atoms with Gasteiger partial charge in [-0.25, -0.2) is 0 Å². The maximum absolute atomic E-state index is 12.4. The SMILES string of the molecule is Cl.NC(=O)c1ccc(NC(=O)C2CCNCC2)cc1N1CCCCC1. The average Bonchev–Trinajstić information content (AvgIpc) is 2.63. The summed E-state index contributed by atoms with van der Waals surface area (Å²) in [5.41, 5.74) is 7.63. The number of amides is 2. The minimum atomic E-state index is -0.424. The fourth-order valence-electron chi connectivity index (χ4n) is 3.54. The van der Waals surface area contributed by atoms with Crippen molar-refractivity contribution < 1.29 is 9.59 Å².